The lowest BCUT2D eigenvalue weighted by molar-refractivity contribution is -0.388. The third-order valence-corrected chi connectivity index (χ3v) is 6.46. The van der Waals surface area contributed by atoms with Crippen LogP contribution in [0.25, 0.3) is 0 Å². The topological polar surface area (TPSA) is 113 Å². The second kappa shape index (κ2) is 10.9. The number of aliphatic hydroxyl groups excluding tert-OH is 1. The molecule has 0 unspecified atom stereocenters. The number of likely N-dealkylation sites (tertiary alicyclic amines) is 1. The van der Waals surface area contributed by atoms with E-state index < -0.39 is 28.3 Å². The van der Waals surface area contributed by atoms with Crippen molar-refractivity contribution in [2.75, 3.05) is 30.8 Å². The van der Waals surface area contributed by atoms with E-state index in [4.69, 9.17) is 0 Å². The highest BCUT2D eigenvalue weighted by Gasteiger charge is 2.33. The molecule has 1 heterocycles. The summed E-state index contributed by atoms with van der Waals surface area (Å²) in [7, 11) is 0. The number of carbonyl (C=O) groups excluding carboxylic acids is 2. The van der Waals surface area contributed by atoms with Crippen molar-refractivity contribution in [3.8, 4) is 0 Å². The Morgan fingerprint density at radius 3 is 2.50 bits per heavy atom. The Kier molecular flexibility index (Phi) is 8.15. The first kappa shape index (κ1) is 25.5. The highest BCUT2D eigenvalue weighted by Crippen LogP contribution is 2.36. The van der Waals surface area contributed by atoms with Crippen molar-refractivity contribution in [2.24, 2.45) is 5.92 Å². The zero-order chi connectivity index (χ0) is 24.9. The summed E-state index contributed by atoms with van der Waals surface area (Å²) in [6.07, 6.45) is -3.29. The summed E-state index contributed by atoms with van der Waals surface area (Å²) in [5.41, 5.74) is -1.14. The fraction of sp³-hybridized carbons (Fsp3) is 0.364. The molecule has 12 heteroatoms. The van der Waals surface area contributed by atoms with Crippen LogP contribution < -0.4 is 5.32 Å². The molecule has 8 nitrogen and oxygen atoms in total. The number of alkyl halides is 3. The molecule has 1 aliphatic heterocycles. The number of nitrogens with one attached hydrogen (secondary N) is 1. The Labute approximate surface area is 197 Å². The van der Waals surface area contributed by atoms with Gasteiger partial charge in [-0.2, -0.15) is 13.2 Å². The number of aliphatic hydroxyl groups is 1. The Balaban J connectivity index is 1.62. The number of hydrogen-bond acceptors (Lipinski definition) is 6. The number of amides is 2. The van der Waals surface area contributed by atoms with Crippen LogP contribution in [-0.4, -0.2) is 52.2 Å². The maximum atomic E-state index is 12.8. The molecule has 1 saturated heterocycles. The van der Waals surface area contributed by atoms with Gasteiger partial charge in [0.05, 0.1) is 21.1 Å². The van der Waals surface area contributed by atoms with Crippen LogP contribution in [0.4, 0.5) is 24.5 Å². The minimum Gasteiger partial charge on any atom is -0.396 e. The molecule has 2 amide bonds. The van der Waals surface area contributed by atoms with Gasteiger partial charge >= 0.3 is 6.18 Å². The summed E-state index contributed by atoms with van der Waals surface area (Å²) in [4.78, 5) is 37.0. The summed E-state index contributed by atoms with van der Waals surface area (Å²) in [5.74, 6) is -0.818. The van der Waals surface area contributed by atoms with E-state index in [1.54, 1.807) is 23.1 Å². The van der Waals surface area contributed by atoms with Crippen LogP contribution in [0.3, 0.4) is 0 Å². The molecule has 2 N–H and O–H groups in total. The molecular formula is C22H22F3N3O5S. The number of anilines is 1. The molecule has 34 heavy (non-hydrogen) atoms. The van der Waals surface area contributed by atoms with Crippen molar-refractivity contribution in [1.29, 1.82) is 0 Å². The van der Waals surface area contributed by atoms with Gasteiger partial charge in [0.25, 0.3) is 11.6 Å². The monoisotopic (exact) mass is 497 g/mol. The Hall–Kier alpha value is -3.12. The normalized spacial score (nSPS) is 14.6. The van der Waals surface area contributed by atoms with Gasteiger partial charge in [-0.25, -0.2) is 0 Å². The predicted octanol–water partition coefficient (Wildman–Crippen LogP) is 4.19. The van der Waals surface area contributed by atoms with E-state index in [2.05, 4.69) is 5.32 Å². The van der Waals surface area contributed by atoms with E-state index in [0.29, 0.717) is 43.2 Å². The van der Waals surface area contributed by atoms with Gasteiger partial charge in [-0.3, -0.25) is 19.7 Å². The SMILES string of the molecule is O=C(CSc1ccc(C(F)(F)F)cc1[N+](=O)[O-])Nc1cccc(C(=O)N2CCC(CO)CC2)c1. The number of nitro groups is 1. The van der Waals surface area contributed by atoms with E-state index in [1.165, 1.54) is 6.07 Å². The van der Waals surface area contributed by atoms with Crippen LogP contribution in [-0.2, 0) is 11.0 Å². The number of nitrogens with zero attached hydrogens (tertiary/aromatic N) is 2. The van der Waals surface area contributed by atoms with Crippen molar-refractivity contribution < 1.29 is 32.8 Å². The van der Waals surface area contributed by atoms with E-state index in [-0.39, 0.29) is 29.1 Å². The van der Waals surface area contributed by atoms with Crippen molar-refractivity contribution in [1.82, 2.24) is 4.90 Å². The molecule has 1 fully saturated rings. The van der Waals surface area contributed by atoms with E-state index >= 15 is 0 Å². The first-order valence-electron chi connectivity index (χ1n) is 10.4. The van der Waals surface area contributed by atoms with E-state index in [9.17, 15) is 38.0 Å². The highest BCUT2D eigenvalue weighted by atomic mass is 32.2. The van der Waals surface area contributed by atoms with Gasteiger partial charge in [-0.1, -0.05) is 6.07 Å². The van der Waals surface area contributed by atoms with Gasteiger partial charge in [0.1, 0.15) is 0 Å². The predicted molar refractivity (Wildman–Crippen MR) is 120 cm³/mol. The van der Waals surface area contributed by atoms with Gasteiger partial charge in [0.15, 0.2) is 0 Å². The maximum absolute atomic E-state index is 12.8. The quantitative estimate of drug-likeness (QED) is 0.337. The zero-order valence-electron chi connectivity index (χ0n) is 17.9. The minimum absolute atomic E-state index is 0.0663. The molecule has 0 aromatic heterocycles. The third-order valence-electron chi connectivity index (χ3n) is 5.39. The van der Waals surface area contributed by atoms with Gasteiger partial charge < -0.3 is 15.3 Å². The average molecular weight is 497 g/mol. The Morgan fingerprint density at radius 2 is 1.88 bits per heavy atom. The maximum Gasteiger partial charge on any atom is 0.416 e. The van der Waals surface area contributed by atoms with Crippen molar-refractivity contribution in [3.63, 3.8) is 0 Å². The molecule has 3 rings (SSSR count). The first-order valence-corrected chi connectivity index (χ1v) is 11.4. The van der Waals surface area contributed by atoms with Crippen LogP contribution in [0.1, 0.15) is 28.8 Å². The van der Waals surface area contributed by atoms with E-state index in [0.717, 1.165) is 23.9 Å². The van der Waals surface area contributed by atoms with E-state index in [1.807, 2.05) is 0 Å². The summed E-state index contributed by atoms with van der Waals surface area (Å²) < 4.78 is 38.5. The summed E-state index contributed by atoms with van der Waals surface area (Å²) in [5, 5.41) is 23.0. The number of nitro benzene ring substituents is 1. The number of halogens is 3. The van der Waals surface area contributed by atoms with Crippen LogP contribution >= 0.6 is 11.8 Å². The highest BCUT2D eigenvalue weighted by molar-refractivity contribution is 8.00. The second-order valence-corrected chi connectivity index (χ2v) is 8.79. The lowest BCUT2D eigenvalue weighted by Crippen LogP contribution is -2.39. The van der Waals surface area contributed by atoms with Crippen LogP contribution in [0.15, 0.2) is 47.4 Å². The smallest absolute Gasteiger partial charge is 0.396 e. The molecule has 0 radical (unpaired) electrons. The first-order chi connectivity index (χ1) is 16.1. The number of thioether (sulfide) groups is 1. The molecule has 182 valence electrons. The molecule has 1 aliphatic rings. The van der Waals surface area contributed by atoms with Gasteiger partial charge in [0, 0.05) is 37.0 Å². The van der Waals surface area contributed by atoms with Crippen molar-refractivity contribution in [2.45, 2.75) is 23.9 Å². The Bertz CT molecular complexity index is 1070. The molecule has 0 saturated carbocycles. The molecule has 0 aliphatic carbocycles. The fourth-order valence-corrected chi connectivity index (χ4v) is 4.33. The lowest BCUT2D eigenvalue weighted by atomic mass is 9.97. The number of benzene rings is 2. The van der Waals surface area contributed by atoms with Crippen molar-refractivity contribution in [3.05, 3.63) is 63.7 Å². The summed E-state index contributed by atoms with van der Waals surface area (Å²) >= 11 is 0.741. The molecule has 0 atom stereocenters. The van der Waals surface area contributed by atoms with Crippen LogP contribution in [0, 0.1) is 16.0 Å². The molecule has 0 spiro atoms. The number of piperidine rings is 1. The summed E-state index contributed by atoms with van der Waals surface area (Å²) in [6.45, 7) is 1.16. The average Bonchev–Trinajstić information content (AvgIpc) is 2.81. The standard InChI is InChI=1S/C22H22F3N3O5S/c23-22(24,25)16-4-5-19(18(11-16)28(32)33)34-13-20(30)26-17-3-1-2-15(10-17)21(31)27-8-6-14(12-29)7-9-27/h1-5,10-11,14,29H,6-9,12-13H2,(H,26,30). The number of rotatable bonds is 7. The number of hydrogen-bond donors (Lipinski definition) is 2. The largest absolute Gasteiger partial charge is 0.416 e. The molecule has 2 aromatic rings. The number of carbonyl (C=O) groups is 2. The second-order valence-electron chi connectivity index (χ2n) is 7.77. The fourth-order valence-electron chi connectivity index (χ4n) is 3.53. The third kappa shape index (κ3) is 6.48. The minimum atomic E-state index is -4.72. The van der Waals surface area contributed by atoms with Crippen LogP contribution in [0.5, 0.6) is 0 Å². The van der Waals surface area contributed by atoms with Crippen LogP contribution in [0.2, 0.25) is 0 Å². The van der Waals surface area contributed by atoms with Gasteiger partial charge in [-0.15, -0.1) is 11.8 Å². The van der Waals surface area contributed by atoms with Gasteiger partial charge in [0.2, 0.25) is 5.91 Å². The molecule has 2 aromatic carbocycles. The lowest BCUT2D eigenvalue weighted by Gasteiger charge is -2.31. The molecular weight excluding hydrogens is 475 g/mol. The Morgan fingerprint density at radius 1 is 1.18 bits per heavy atom. The zero-order valence-corrected chi connectivity index (χ0v) is 18.7. The summed E-state index contributed by atoms with van der Waals surface area (Å²) in [6, 6.07) is 8.47. The van der Waals surface area contributed by atoms with Gasteiger partial charge in [-0.05, 0) is 49.1 Å². The molecule has 0 bridgehead atoms. The van der Waals surface area contributed by atoms with Crippen molar-refractivity contribution >= 4 is 35.0 Å².